The van der Waals surface area contributed by atoms with Gasteiger partial charge in [0.05, 0.1) is 4.90 Å². The van der Waals surface area contributed by atoms with Crippen LogP contribution in [0.5, 0.6) is 0 Å². The summed E-state index contributed by atoms with van der Waals surface area (Å²) in [5.74, 6) is 0. The molecule has 0 aliphatic heterocycles. The van der Waals surface area contributed by atoms with Gasteiger partial charge in [-0.2, -0.15) is 4.31 Å². The predicted octanol–water partition coefficient (Wildman–Crippen LogP) is -0.970. The van der Waals surface area contributed by atoms with Gasteiger partial charge in [0.25, 0.3) is 0 Å². The van der Waals surface area contributed by atoms with Crippen LogP contribution in [0.2, 0.25) is 0 Å². The number of hydrogen-bond donors (Lipinski definition) is 0. The molecule has 5 heteroatoms. The number of nitrogens with zero attached hydrogens (tertiary/aromatic N) is 1. The van der Waals surface area contributed by atoms with Crippen LogP contribution < -0.4 is 4.70 Å². The molecule has 0 atom stereocenters. The minimum atomic E-state index is -3.28. The molecule has 0 heterocycles. The van der Waals surface area contributed by atoms with Crippen molar-refractivity contribution in [3.8, 4) is 0 Å². The Bertz CT molecular complexity index is 410. The molecule has 0 spiro atoms. The third-order valence-electron chi connectivity index (χ3n) is 2.36. The maximum absolute atomic E-state index is 12.0. The highest BCUT2D eigenvalue weighted by Gasteiger charge is 2.20. The van der Waals surface area contributed by atoms with E-state index < -0.39 is 10.0 Å². The van der Waals surface area contributed by atoms with E-state index in [2.05, 4.69) is 0 Å². The van der Waals surface area contributed by atoms with Crippen molar-refractivity contribution in [1.29, 1.82) is 0 Å². The molecule has 0 aliphatic rings. The van der Waals surface area contributed by atoms with Gasteiger partial charge in [-0.1, -0.05) is 31.5 Å². The first-order chi connectivity index (χ1) is 7.02. The first-order valence-electron chi connectivity index (χ1n) is 5.09. The fourth-order valence-corrected chi connectivity index (χ4v) is 2.88. The maximum Gasteiger partial charge on any atom is 0.243 e. The summed E-state index contributed by atoms with van der Waals surface area (Å²) >= 11 is 0. The summed E-state index contributed by atoms with van der Waals surface area (Å²) in [4.78, 5) is 0.372. The highest BCUT2D eigenvalue weighted by atomic mass is 32.2. The molecular formula is C11H17FNO2S-. The third-order valence-corrected chi connectivity index (χ3v) is 4.43. The summed E-state index contributed by atoms with van der Waals surface area (Å²) in [7, 11) is -3.28. The summed E-state index contributed by atoms with van der Waals surface area (Å²) in [6.07, 6.45) is 0. The smallest absolute Gasteiger partial charge is 0.243 e. The molecule has 1 aromatic carbocycles. The number of sulfonamides is 1. The van der Waals surface area contributed by atoms with E-state index in [9.17, 15) is 8.42 Å². The molecule has 3 nitrogen and oxygen atoms in total. The summed E-state index contributed by atoms with van der Waals surface area (Å²) in [5.41, 5.74) is 1.06. The van der Waals surface area contributed by atoms with Crippen LogP contribution in [-0.4, -0.2) is 25.8 Å². The fourth-order valence-electron chi connectivity index (χ4n) is 1.42. The van der Waals surface area contributed by atoms with E-state index in [1.807, 2.05) is 32.9 Å². The normalized spacial score (nSPS) is 11.2. The SMILES string of the molecule is CCN(CC)S(=O)(=O)c1ccc(C)cc1.[F-]. The first kappa shape index (κ1) is 15.1. The Morgan fingerprint density at radius 3 is 1.88 bits per heavy atom. The van der Waals surface area contributed by atoms with Crippen LogP contribution in [0, 0.1) is 6.92 Å². The van der Waals surface area contributed by atoms with E-state index >= 15 is 0 Å². The van der Waals surface area contributed by atoms with Gasteiger partial charge in [-0.25, -0.2) is 8.42 Å². The monoisotopic (exact) mass is 246 g/mol. The van der Waals surface area contributed by atoms with Gasteiger partial charge < -0.3 is 4.70 Å². The Labute approximate surface area is 96.5 Å². The lowest BCUT2D eigenvalue weighted by Crippen LogP contribution is -3.00. The lowest BCUT2D eigenvalue weighted by Gasteiger charge is -2.18. The second kappa shape index (κ2) is 5.96. The number of benzene rings is 1. The quantitative estimate of drug-likeness (QED) is 0.685. The van der Waals surface area contributed by atoms with Gasteiger partial charge in [-0.3, -0.25) is 0 Å². The topological polar surface area (TPSA) is 37.4 Å². The molecule has 92 valence electrons. The van der Waals surface area contributed by atoms with Gasteiger partial charge in [0.2, 0.25) is 10.0 Å². The van der Waals surface area contributed by atoms with Gasteiger partial charge in [0.15, 0.2) is 0 Å². The Hall–Kier alpha value is -0.940. The van der Waals surface area contributed by atoms with Crippen molar-refractivity contribution >= 4 is 10.0 Å². The summed E-state index contributed by atoms with van der Waals surface area (Å²) in [6.45, 7) is 6.64. The van der Waals surface area contributed by atoms with Crippen molar-refractivity contribution in [1.82, 2.24) is 4.31 Å². The minimum Gasteiger partial charge on any atom is -1.00 e. The maximum atomic E-state index is 12.0. The van der Waals surface area contributed by atoms with Gasteiger partial charge in [0.1, 0.15) is 0 Å². The van der Waals surface area contributed by atoms with Gasteiger partial charge in [-0.05, 0) is 19.1 Å². The molecule has 0 N–H and O–H groups in total. The van der Waals surface area contributed by atoms with Crippen molar-refractivity contribution in [2.75, 3.05) is 13.1 Å². The van der Waals surface area contributed by atoms with Crippen LogP contribution in [-0.2, 0) is 10.0 Å². The molecule has 0 aliphatic carbocycles. The van der Waals surface area contributed by atoms with Crippen LogP contribution in [0.15, 0.2) is 29.2 Å². The van der Waals surface area contributed by atoms with Crippen molar-refractivity contribution < 1.29 is 13.1 Å². The van der Waals surface area contributed by atoms with Crippen LogP contribution >= 0.6 is 0 Å². The Balaban J connectivity index is 0.00000225. The summed E-state index contributed by atoms with van der Waals surface area (Å²) < 4.78 is 25.5. The third kappa shape index (κ3) is 3.02. The molecule has 0 bridgehead atoms. The second-order valence-corrected chi connectivity index (χ2v) is 5.34. The van der Waals surface area contributed by atoms with E-state index in [0.717, 1.165) is 5.56 Å². The standard InChI is InChI=1S/C11H17NO2S.FH/c1-4-12(5-2)15(13,14)11-8-6-10(3)7-9-11;/h6-9H,4-5H2,1-3H3;1H/p-1. The lowest BCUT2D eigenvalue weighted by atomic mass is 10.2. The van der Waals surface area contributed by atoms with Crippen LogP contribution in [0.3, 0.4) is 0 Å². The zero-order chi connectivity index (χ0) is 11.5. The van der Waals surface area contributed by atoms with E-state index in [4.69, 9.17) is 0 Å². The number of aryl methyl sites for hydroxylation is 1. The van der Waals surface area contributed by atoms with Crippen LogP contribution in [0.4, 0.5) is 0 Å². The Morgan fingerprint density at radius 1 is 1.06 bits per heavy atom. The van der Waals surface area contributed by atoms with Crippen molar-refractivity contribution in [2.24, 2.45) is 0 Å². The first-order valence-corrected chi connectivity index (χ1v) is 6.53. The highest BCUT2D eigenvalue weighted by molar-refractivity contribution is 7.89. The van der Waals surface area contributed by atoms with Crippen molar-refractivity contribution in [2.45, 2.75) is 25.7 Å². The summed E-state index contributed by atoms with van der Waals surface area (Å²) in [5, 5.41) is 0. The Kier molecular flexibility index (Phi) is 5.61. The average molecular weight is 246 g/mol. The largest absolute Gasteiger partial charge is 1.00 e. The number of hydrogen-bond acceptors (Lipinski definition) is 2. The molecule has 0 unspecified atom stereocenters. The molecular weight excluding hydrogens is 229 g/mol. The molecule has 16 heavy (non-hydrogen) atoms. The van der Waals surface area contributed by atoms with Gasteiger partial charge >= 0.3 is 0 Å². The van der Waals surface area contributed by atoms with E-state index in [-0.39, 0.29) is 4.70 Å². The zero-order valence-electron chi connectivity index (χ0n) is 9.77. The molecule has 0 amide bonds. The molecule has 0 fully saturated rings. The Morgan fingerprint density at radius 2 is 1.50 bits per heavy atom. The van der Waals surface area contributed by atoms with E-state index in [1.54, 1.807) is 12.1 Å². The van der Waals surface area contributed by atoms with Gasteiger partial charge in [0, 0.05) is 13.1 Å². The predicted molar refractivity (Wildman–Crippen MR) is 61.3 cm³/mol. The fraction of sp³-hybridized carbons (Fsp3) is 0.455. The average Bonchev–Trinajstić information content (AvgIpc) is 2.19. The number of halogens is 1. The molecule has 0 saturated heterocycles. The molecule has 1 rings (SSSR count). The second-order valence-electron chi connectivity index (χ2n) is 3.40. The summed E-state index contributed by atoms with van der Waals surface area (Å²) in [6, 6.07) is 6.94. The molecule has 0 saturated carbocycles. The van der Waals surface area contributed by atoms with Gasteiger partial charge in [-0.15, -0.1) is 0 Å². The molecule has 1 aromatic rings. The van der Waals surface area contributed by atoms with Crippen LogP contribution in [0.25, 0.3) is 0 Å². The van der Waals surface area contributed by atoms with E-state index in [0.29, 0.717) is 18.0 Å². The van der Waals surface area contributed by atoms with Crippen LogP contribution in [0.1, 0.15) is 19.4 Å². The van der Waals surface area contributed by atoms with E-state index in [1.165, 1.54) is 4.31 Å². The highest BCUT2D eigenvalue weighted by Crippen LogP contribution is 2.15. The molecule has 0 radical (unpaired) electrons. The lowest BCUT2D eigenvalue weighted by molar-refractivity contribution is -0.00000597. The zero-order valence-corrected chi connectivity index (χ0v) is 10.6. The number of rotatable bonds is 4. The minimum absolute atomic E-state index is 0. The van der Waals surface area contributed by atoms with Crippen molar-refractivity contribution in [3.63, 3.8) is 0 Å². The molecule has 0 aromatic heterocycles. The van der Waals surface area contributed by atoms with Crippen molar-refractivity contribution in [3.05, 3.63) is 29.8 Å².